The molecule has 2 heterocycles. The highest BCUT2D eigenvalue weighted by molar-refractivity contribution is 8.00. The zero-order valence-electron chi connectivity index (χ0n) is 17.7. The van der Waals surface area contributed by atoms with Crippen LogP contribution in [-0.4, -0.2) is 45.4 Å². The highest BCUT2D eigenvalue weighted by Gasteiger charge is 2.62. The van der Waals surface area contributed by atoms with Gasteiger partial charge in [0.2, 0.25) is 11.8 Å². The maximum atomic E-state index is 12.5. The second kappa shape index (κ2) is 9.39. The van der Waals surface area contributed by atoms with Gasteiger partial charge in [0.1, 0.15) is 0 Å². The Morgan fingerprint density at radius 1 is 0.767 bits per heavy atom. The van der Waals surface area contributed by atoms with Crippen molar-refractivity contribution in [2.24, 2.45) is 10.8 Å². The zero-order valence-corrected chi connectivity index (χ0v) is 19.3. The number of amides is 2. The van der Waals surface area contributed by atoms with E-state index in [1.165, 1.54) is 23.5 Å². The predicted molar refractivity (Wildman–Crippen MR) is 121 cm³/mol. The molecule has 0 aliphatic heterocycles. The van der Waals surface area contributed by atoms with Gasteiger partial charge in [-0.25, -0.2) is 0 Å². The summed E-state index contributed by atoms with van der Waals surface area (Å²) in [6, 6.07) is 7.53. The number of carbonyl (C=O) groups excluding carboxylic acids is 2. The van der Waals surface area contributed by atoms with Crippen molar-refractivity contribution in [3.05, 3.63) is 49.1 Å². The van der Waals surface area contributed by atoms with Crippen LogP contribution in [0.5, 0.6) is 0 Å². The van der Waals surface area contributed by atoms with Crippen LogP contribution >= 0.6 is 23.5 Å². The van der Waals surface area contributed by atoms with Gasteiger partial charge in [-0.1, -0.05) is 27.7 Å². The van der Waals surface area contributed by atoms with Crippen molar-refractivity contribution in [2.45, 2.75) is 49.6 Å². The topological polar surface area (TPSA) is 84.0 Å². The third-order valence-corrected chi connectivity index (χ3v) is 7.65. The first kappa shape index (κ1) is 22.6. The Kier molecular flexibility index (Phi) is 7.08. The molecule has 2 aromatic rings. The number of hydrogen-bond donors (Lipinski definition) is 2. The number of carbonyl (C=O) groups is 2. The molecule has 1 aliphatic rings. The van der Waals surface area contributed by atoms with Gasteiger partial charge in [0, 0.05) is 57.5 Å². The molecule has 1 aliphatic carbocycles. The smallest absolute Gasteiger partial charge is 0.230 e. The minimum atomic E-state index is -0.239. The zero-order chi connectivity index (χ0) is 21.8. The highest BCUT2D eigenvalue weighted by atomic mass is 32.2. The Morgan fingerprint density at radius 2 is 1.10 bits per heavy atom. The first-order chi connectivity index (χ1) is 14.2. The van der Waals surface area contributed by atoms with Crippen LogP contribution in [0.25, 0.3) is 0 Å². The Balaban J connectivity index is 1.52. The predicted octanol–water partition coefficient (Wildman–Crippen LogP) is 3.40. The highest BCUT2D eigenvalue weighted by Crippen LogP contribution is 2.53. The molecule has 1 fully saturated rings. The molecule has 30 heavy (non-hydrogen) atoms. The number of thioether (sulfide) groups is 2. The van der Waals surface area contributed by atoms with Gasteiger partial charge in [0.15, 0.2) is 0 Å². The van der Waals surface area contributed by atoms with Crippen molar-refractivity contribution in [1.82, 2.24) is 20.6 Å². The molecule has 3 rings (SSSR count). The fourth-order valence-corrected chi connectivity index (χ4v) is 5.86. The van der Waals surface area contributed by atoms with Crippen LogP contribution in [0.1, 0.15) is 27.7 Å². The maximum absolute atomic E-state index is 12.5. The molecule has 0 saturated heterocycles. The van der Waals surface area contributed by atoms with Crippen molar-refractivity contribution in [1.29, 1.82) is 0 Å². The molecule has 2 aromatic heterocycles. The summed E-state index contributed by atoms with van der Waals surface area (Å²) in [5, 5.41) is 6.38. The van der Waals surface area contributed by atoms with E-state index in [9.17, 15) is 9.59 Å². The fraction of sp³-hybridized carbons (Fsp3) is 0.455. The Hall–Kier alpha value is -2.06. The van der Waals surface area contributed by atoms with E-state index in [4.69, 9.17) is 0 Å². The summed E-state index contributed by atoms with van der Waals surface area (Å²) in [7, 11) is 0. The molecule has 0 spiro atoms. The van der Waals surface area contributed by atoms with E-state index in [1.54, 1.807) is 24.8 Å². The van der Waals surface area contributed by atoms with E-state index in [0.29, 0.717) is 11.5 Å². The summed E-state index contributed by atoms with van der Waals surface area (Å²) in [6.45, 7) is 8.39. The lowest BCUT2D eigenvalue weighted by Crippen LogP contribution is -2.77. The monoisotopic (exact) mass is 444 g/mol. The van der Waals surface area contributed by atoms with E-state index < -0.39 is 0 Å². The standard InChI is InChI=1S/C22H28N4O2S2/c1-21(2)19(25-17(27)13-29-15-5-9-23-10-6-15)22(3,4)20(21)26-18(28)14-30-16-7-11-24-12-8-16/h5-12,19-20H,13-14H2,1-4H3,(H,25,27)(H,26,28). The first-order valence-electron chi connectivity index (χ1n) is 9.85. The van der Waals surface area contributed by atoms with Gasteiger partial charge in [0.05, 0.1) is 11.5 Å². The number of aromatic nitrogens is 2. The summed E-state index contributed by atoms with van der Waals surface area (Å²) >= 11 is 2.98. The van der Waals surface area contributed by atoms with Crippen LogP contribution in [0.4, 0.5) is 0 Å². The van der Waals surface area contributed by atoms with Gasteiger partial charge in [-0.3, -0.25) is 19.6 Å². The molecule has 0 aromatic carbocycles. The normalized spacial score (nSPS) is 21.3. The first-order valence-corrected chi connectivity index (χ1v) is 11.8. The number of nitrogens with one attached hydrogen (secondary N) is 2. The van der Waals surface area contributed by atoms with Crippen LogP contribution in [0.2, 0.25) is 0 Å². The van der Waals surface area contributed by atoms with Crippen LogP contribution < -0.4 is 10.6 Å². The van der Waals surface area contributed by atoms with Crippen LogP contribution in [0, 0.1) is 10.8 Å². The molecular weight excluding hydrogens is 416 g/mol. The Morgan fingerprint density at radius 3 is 1.43 bits per heavy atom. The summed E-state index contributed by atoms with van der Waals surface area (Å²) in [4.78, 5) is 35.1. The molecule has 8 heteroatoms. The van der Waals surface area contributed by atoms with Crippen molar-refractivity contribution in [3.8, 4) is 0 Å². The molecule has 2 N–H and O–H groups in total. The van der Waals surface area contributed by atoms with Crippen LogP contribution in [0.3, 0.4) is 0 Å². The number of pyridine rings is 2. The van der Waals surface area contributed by atoms with Crippen molar-refractivity contribution >= 4 is 35.3 Å². The SMILES string of the molecule is CC1(C)C(NC(=O)CSc2ccncc2)C(C)(C)C1NC(=O)CSc1ccncc1. The third kappa shape index (κ3) is 5.16. The lowest BCUT2D eigenvalue weighted by Gasteiger charge is -2.64. The van der Waals surface area contributed by atoms with Crippen LogP contribution in [-0.2, 0) is 9.59 Å². The minimum absolute atomic E-state index is 0.000909. The van der Waals surface area contributed by atoms with Crippen molar-refractivity contribution in [3.63, 3.8) is 0 Å². The summed E-state index contributed by atoms with van der Waals surface area (Å²) in [5.41, 5.74) is -0.477. The maximum Gasteiger partial charge on any atom is 0.230 e. The summed E-state index contributed by atoms with van der Waals surface area (Å²) in [5.74, 6) is 0.709. The Labute approximate surface area is 186 Å². The molecule has 0 radical (unpaired) electrons. The Bertz CT molecular complexity index is 790. The van der Waals surface area contributed by atoms with E-state index in [2.05, 4.69) is 48.3 Å². The number of hydrogen-bond acceptors (Lipinski definition) is 6. The largest absolute Gasteiger partial charge is 0.351 e. The third-order valence-electron chi connectivity index (χ3n) is 5.63. The lowest BCUT2D eigenvalue weighted by molar-refractivity contribution is -0.139. The number of rotatable bonds is 8. The second-order valence-electron chi connectivity index (χ2n) is 8.59. The summed E-state index contributed by atoms with van der Waals surface area (Å²) < 4.78 is 0. The second-order valence-corrected chi connectivity index (χ2v) is 10.7. The van der Waals surface area contributed by atoms with E-state index in [-0.39, 0.29) is 34.7 Å². The molecule has 0 unspecified atom stereocenters. The fourth-order valence-electron chi connectivity index (χ4n) is 4.47. The van der Waals surface area contributed by atoms with Gasteiger partial charge >= 0.3 is 0 Å². The molecule has 0 atom stereocenters. The summed E-state index contributed by atoms with van der Waals surface area (Å²) in [6.07, 6.45) is 6.88. The molecule has 6 nitrogen and oxygen atoms in total. The number of nitrogens with zero attached hydrogens (tertiary/aromatic N) is 2. The van der Waals surface area contributed by atoms with E-state index in [1.807, 2.05) is 24.3 Å². The average Bonchev–Trinajstić information content (AvgIpc) is 2.74. The average molecular weight is 445 g/mol. The molecule has 0 bridgehead atoms. The van der Waals surface area contributed by atoms with Crippen molar-refractivity contribution < 1.29 is 9.59 Å². The molecule has 2 amide bonds. The van der Waals surface area contributed by atoms with Gasteiger partial charge in [0.25, 0.3) is 0 Å². The quantitative estimate of drug-likeness (QED) is 0.607. The molecule has 160 valence electrons. The van der Waals surface area contributed by atoms with Crippen LogP contribution in [0.15, 0.2) is 58.8 Å². The van der Waals surface area contributed by atoms with E-state index >= 15 is 0 Å². The molecular formula is C22H28N4O2S2. The van der Waals surface area contributed by atoms with Gasteiger partial charge in [-0.05, 0) is 24.3 Å². The van der Waals surface area contributed by atoms with Gasteiger partial charge in [-0.15, -0.1) is 23.5 Å². The minimum Gasteiger partial charge on any atom is -0.351 e. The van der Waals surface area contributed by atoms with E-state index in [0.717, 1.165) is 9.79 Å². The van der Waals surface area contributed by atoms with Gasteiger partial charge < -0.3 is 10.6 Å². The molecule has 1 saturated carbocycles. The lowest BCUT2D eigenvalue weighted by atomic mass is 9.48. The van der Waals surface area contributed by atoms with Gasteiger partial charge in [-0.2, -0.15) is 0 Å². The van der Waals surface area contributed by atoms with Crippen molar-refractivity contribution in [2.75, 3.05) is 11.5 Å².